The van der Waals surface area contributed by atoms with Crippen LogP contribution in [0.4, 0.5) is 0 Å². The van der Waals surface area contributed by atoms with Crippen molar-refractivity contribution >= 4 is 17.2 Å². The fraction of sp³-hybridized carbons (Fsp3) is 0.250. The van der Waals surface area contributed by atoms with Crippen LogP contribution in [0.3, 0.4) is 0 Å². The topological polar surface area (TPSA) is 80.9 Å². The largest absolute Gasteiger partial charge is 0.441 e. The molecule has 0 saturated carbocycles. The van der Waals surface area contributed by atoms with Gasteiger partial charge in [-0.15, -0.1) is 11.3 Å². The second kappa shape index (κ2) is 9.66. The zero-order chi connectivity index (χ0) is 21.6. The molecule has 6 nitrogen and oxygen atoms in total. The first-order valence-electron chi connectivity index (χ1n) is 10.2. The summed E-state index contributed by atoms with van der Waals surface area (Å²) in [5.74, 6) is 1.72. The predicted molar refractivity (Wildman–Crippen MR) is 122 cm³/mol. The van der Waals surface area contributed by atoms with Crippen molar-refractivity contribution in [2.75, 3.05) is 0 Å². The van der Waals surface area contributed by atoms with Crippen LogP contribution in [0.15, 0.2) is 64.8 Å². The molecule has 0 unspecified atom stereocenters. The van der Waals surface area contributed by atoms with Crippen molar-refractivity contribution in [3.8, 4) is 21.9 Å². The highest BCUT2D eigenvalue weighted by atomic mass is 32.1. The minimum absolute atomic E-state index is 0.0560. The lowest BCUT2D eigenvalue weighted by Crippen LogP contribution is -2.23. The Kier molecular flexibility index (Phi) is 6.52. The molecule has 1 amide bonds. The molecule has 7 heteroatoms. The van der Waals surface area contributed by atoms with Gasteiger partial charge in [0.1, 0.15) is 5.01 Å². The average molecular weight is 433 g/mol. The Morgan fingerprint density at radius 1 is 1.10 bits per heavy atom. The molecule has 1 N–H and O–H groups in total. The van der Waals surface area contributed by atoms with E-state index in [0.29, 0.717) is 31.2 Å². The van der Waals surface area contributed by atoms with E-state index in [9.17, 15) is 4.79 Å². The van der Waals surface area contributed by atoms with Crippen LogP contribution >= 0.6 is 11.3 Å². The van der Waals surface area contributed by atoms with Crippen molar-refractivity contribution in [1.82, 2.24) is 20.3 Å². The second-order valence-electron chi connectivity index (χ2n) is 7.55. The standard InChI is InChI=1S/C24H24N4O2S/c1-16(2)17-3-5-18(6-4-17)21-14-27-23(30-21)8-7-22(29)26-13-20-15-31-24(28-20)19-9-11-25-12-10-19/h3-6,9-12,14-16H,7-8,13H2,1-2H3,(H,26,29). The van der Waals surface area contributed by atoms with Gasteiger partial charge in [-0.05, 0) is 23.6 Å². The highest BCUT2D eigenvalue weighted by Crippen LogP contribution is 2.24. The third kappa shape index (κ3) is 5.44. The molecule has 1 aromatic carbocycles. The van der Waals surface area contributed by atoms with Gasteiger partial charge in [-0.3, -0.25) is 9.78 Å². The van der Waals surface area contributed by atoms with E-state index in [0.717, 1.165) is 27.6 Å². The number of nitrogens with one attached hydrogen (secondary N) is 1. The zero-order valence-electron chi connectivity index (χ0n) is 17.5. The molecule has 0 saturated heterocycles. The lowest BCUT2D eigenvalue weighted by molar-refractivity contribution is -0.121. The van der Waals surface area contributed by atoms with Gasteiger partial charge in [0.05, 0.1) is 18.4 Å². The van der Waals surface area contributed by atoms with E-state index in [1.807, 2.05) is 29.6 Å². The summed E-state index contributed by atoms with van der Waals surface area (Å²) >= 11 is 1.55. The highest BCUT2D eigenvalue weighted by molar-refractivity contribution is 7.13. The molecular weight excluding hydrogens is 408 g/mol. The van der Waals surface area contributed by atoms with Crippen molar-refractivity contribution in [2.24, 2.45) is 0 Å². The number of thiazole rings is 1. The van der Waals surface area contributed by atoms with E-state index in [4.69, 9.17) is 4.42 Å². The Labute approximate surface area is 185 Å². The summed E-state index contributed by atoms with van der Waals surface area (Å²) < 4.78 is 5.83. The van der Waals surface area contributed by atoms with Crippen LogP contribution in [-0.2, 0) is 17.8 Å². The maximum Gasteiger partial charge on any atom is 0.220 e. The van der Waals surface area contributed by atoms with Crippen LogP contribution in [0.5, 0.6) is 0 Å². The van der Waals surface area contributed by atoms with E-state index in [1.165, 1.54) is 5.56 Å². The van der Waals surface area contributed by atoms with Crippen LogP contribution in [0.2, 0.25) is 0 Å². The van der Waals surface area contributed by atoms with Gasteiger partial charge in [-0.1, -0.05) is 38.1 Å². The number of carbonyl (C=O) groups is 1. The maximum atomic E-state index is 12.2. The van der Waals surface area contributed by atoms with Crippen LogP contribution in [0.1, 0.15) is 43.3 Å². The average Bonchev–Trinajstić information content (AvgIpc) is 3.47. The molecule has 158 valence electrons. The van der Waals surface area contributed by atoms with Gasteiger partial charge < -0.3 is 9.73 Å². The summed E-state index contributed by atoms with van der Waals surface area (Å²) in [5.41, 5.74) is 4.14. The summed E-state index contributed by atoms with van der Waals surface area (Å²) in [4.78, 5) is 25.1. The van der Waals surface area contributed by atoms with E-state index < -0.39 is 0 Å². The summed E-state index contributed by atoms with van der Waals surface area (Å²) in [6.45, 7) is 4.74. The molecule has 4 aromatic rings. The molecule has 0 fully saturated rings. The molecular formula is C24H24N4O2S. The third-order valence-electron chi connectivity index (χ3n) is 4.93. The fourth-order valence-electron chi connectivity index (χ4n) is 3.10. The normalized spacial score (nSPS) is 11.1. The zero-order valence-corrected chi connectivity index (χ0v) is 18.4. The minimum Gasteiger partial charge on any atom is -0.441 e. The molecule has 31 heavy (non-hydrogen) atoms. The van der Waals surface area contributed by atoms with Gasteiger partial charge in [-0.2, -0.15) is 0 Å². The number of hydrogen-bond donors (Lipinski definition) is 1. The quantitative estimate of drug-likeness (QED) is 0.412. The SMILES string of the molecule is CC(C)c1ccc(-c2cnc(CCC(=O)NCc3csc(-c4ccncc4)n3)o2)cc1. The van der Waals surface area contributed by atoms with Crippen molar-refractivity contribution in [1.29, 1.82) is 0 Å². The number of aromatic nitrogens is 3. The molecule has 0 aliphatic heterocycles. The second-order valence-corrected chi connectivity index (χ2v) is 8.41. The summed E-state index contributed by atoms with van der Waals surface area (Å²) in [6, 6.07) is 12.1. The number of carbonyl (C=O) groups excluding carboxylic acids is 1. The van der Waals surface area contributed by atoms with Gasteiger partial charge >= 0.3 is 0 Å². The summed E-state index contributed by atoms with van der Waals surface area (Å²) in [7, 11) is 0. The fourth-order valence-corrected chi connectivity index (χ4v) is 3.93. The van der Waals surface area contributed by atoms with Gasteiger partial charge in [0, 0.05) is 41.7 Å². The predicted octanol–water partition coefficient (Wildman–Crippen LogP) is 5.23. The lowest BCUT2D eigenvalue weighted by atomic mass is 10.0. The Hall–Kier alpha value is -3.32. The molecule has 0 aliphatic carbocycles. The monoisotopic (exact) mass is 432 g/mol. The van der Waals surface area contributed by atoms with E-state index >= 15 is 0 Å². The summed E-state index contributed by atoms with van der Waals surface area (Å²) in [5, 5.41) is 5.79. The van der Waals surface area contributed by atoms with Crippen molar-refractivity contribution in [3.05, 3.63) is 77.5 Å². The number of oxazole rings is 1. The first-order chi connectivity index (χ1) is 15.1. The molecule has 0 spiro atoms. The van der Waals surface area contributed by atoms with Crippen molar-refractivity contribution < 1.29 is 9.21 Å². The van der Waals surface area contributed by atoms with E-state index in [1.54, 1.807) is 29.9 Å². The molecule has 0 atom stereocenters. The number of amides is 1. The number of aryl methyl sites for hydroxylation is 1. The van der Waals surface area contributed by atoms with Gasteiger partial charge in [0.2, 0.25) is 5.91 Å². The molecule has 0 aliphatic rings. The molecule has 0 bridgehead atoms. The summed E-state index contributed by atoms with van der Waals surface area (Å²) in [6.07, 6.45) is 5.97. The van der Waals surface area contributed by atoms with Crippen molar-refractivity contribution in [2.45, 2.75) is 39.2 Å². The highest BCUT2D eigenvalue weighted by Gasteiger charge is 2.11. The Morgan fingerprint density at radius 2 is 1.87 bits per heavy atom. The number of benzene rings is 1. The Balaban J connectivity index is 1.26. The smallest absolute Gasteiger partial charge is 0.220 e. The molecule has 3 heterocycles. The number of hydrogen-bond acceptors (Lipinski definition) is 6. The van der Waals surface area contributed by atoms with Gasteiger partial charge in [0.25, 0.3) is 0 Å². The first kappa shape index (κ1) is 20.9. The molecule has 0 radical (unpaired) electrons. The lowest BCUT2D eigenvalue weighted by Gasteiger charge is -2.05. The van der Waals surface area contributed by atoms with Crippen LogP contribution < -0.4 is 5.32 Å². The Bertz CT molecular complexity index is 1130. The number of pyridine rings is 1. The number of nitrogens with zero attached hydrogens (tertiary/aromatic N) is 3. The van der Waals surface area contributed by atoms with Crippen molar-refractivity contribution in [3.63, 3.8) is 0 Å². The van der Waals surface area contributed by atoms with Crippen LogP contribution in [-0.4, -0.2) is 20.9 Å². The number of rotatable bonds is 8. The van der Waals surface area contributed by atoms with Crippen LogP contribution in [0, 0.1) is 0 Å². The third-order valence-corrected chi connectivity index (χ3v) is 5.87. The first-order valence-corrected chi connectivity index (χ1v) is 11.1. The van der Waals surface area contributed by atoms with Gasteiger partial charge in [-0.25, -0.2) is 9.97 Å². The maximum absolute atomic E-state index is 12.2. The Morgan fingerprint density at radius 3 is 2.61 bits per heavy atom. The van der Waals surface area contributed by atoms with E-state index in [-0.39, 0.29) is 5.91 Å². The van der Waals surface area contributed by atoms with Gasteiger partial charge in [0.15, 0.2) is 11.7 Å². The molecule has 3 aromatic heterocycles. The minimum atomic E-state index is -0.0560. The van der Waals surface area contributed by atoms with Crippen LogP contribution in [0.25, 0.3) is 21.9 Å². The molecule has 4 rings (SSSR count). The van der Waals surface area contributed by atoms with E-state index in [2.05, 4.69) is 46.2 Å².